The van der Waals surface area contributed by atoms with E-state index in [9.17, 15) is 17.6 Å². The van der Waals surface area contributed by atoms with Crippen LogP contribution in [0, 0.1) is 5.82 Å². The SMILES string of the molecule is CN(C)S(=O)(=O)c1cccc(C2=N/C(=C/c3ccc(-c4ccccc4F)o3)C(=O)O2)c1. The number of furan rings is 1. The number of rotatable bonds is 5. The Morgan fingerprint density at radius 1 is 1.03 bits per heavy atom. The van der Waals surface area contributed by atoms with Gasteiger partial charge >= 0.3 is 5.97 Å². The van der Waals surface area contributed by atoms with Crippen molar-refractivity contribution in [2.45, 2.75) is 4.90 Å². The third-order valence-corrected chi connectivity index (χ3v) is 6.34. The molecular formula is C22H17FN2O5S. The standard InChI is InChI=1S/C22H17FN2O5S/c1-25(2)31(27,28)16-7-5-6-14(12-16)21-24-19(22(26)30-21)13-15-10-11-20(29-15)17-8-3-4-9-18(17)23/h3-13H,1-2H3/b19-13+. The molecule has 3 aromatic rings. The highest BCUT2D eigenvalue weighted by Crippen LogP contribution is 2.27. The first kappa shape index (κ1) is 20.7. The maximum atomic E-state index is 13.9. The summed E-state index contributed by atoms with van der Waals surface area (Å²) >= 11 is 0. The zero-order valence-electron chi connectivity index (χ0n) is 16.6. The van der Waals surface area contributed by atoms with E-state index in [0.29, 0.717) is 22.6 Å². The minimum absolute atomic E-state index is 0.0204. The number of benzene rings is 2. The van der Waals surface area contributed by atoms with E-state index in [1.165, 1.54) is 44.4 Å². The molecule has 1 aromatic heterocycles. The van der Waals surface area contributed by atoms with E-state index in [2.05, 4.69) is 4.99 Å². The van der Waals surface area contributed by atoms with E-state index in [4.69, 9.17) is 9.15 Å². The molecule has 0 fully saturated rings. The number of sulfonamides is 1. The van der Waals surface area contributed by atoms with Crippen LogP contribution in [-0.4, -0.2) is 38.7 Å². The van der Waals surface area contributed by atoms with Gasteiger partial charge in [0.15, 0.2) is 5.70 Å². The minimum atomic E-state index is -3.65. The Morgan fingerprint density at radius 2 is 1.81 bits per heavy atom. The van der Waals surface area contributed by atoms with Crippen molar-refractivity contribution in [2.75, 3.05) is 14.1 Å². The van der Waals surface area contributed by atoms with Crippen LogP contribution in [-0.2, 0) is 19.6 Å². The normalized spacial score (nSPS) is 15.4. The van der Waals surface area contributed by atoms with Gasteiger partial charge in [0, 0.05) is 25.7 Å². The van der Waals surface area contributed by atoms with Gasteiger partial charge in [-0.1, -0.05) is 18.2 Å². The van der Waals surface area contributed by atoms with Crippen LogP contribution in [0.3, 0.4) is 0 Å². The monoisotopic (exact) mass is 440 g/mol. The minimum Gasteiger partial charge on any atom is -0.457 e. The molecule has 2 aromatic carbocycles. The van der Waals surface area contributed by atoms with Crippen molar-refractivity contribution in [2.24, 2.45) is 4.99 Å². The lowest BCUT2D eigenvalue weighted by Gasteiger charge is -2.11. The quantitative estimate of drug-likeness (QED) is 0.446. The molecule has 158 valence electrons. The predicted molar refractivity (Wildman–Crippen MR) is 112 cm³/mol. The number of nitrogens with zero attached hydrogens (tertiary/aromatic N) is 2. The Labute approximate surface area is 178 Å². The summed E-state index contributed by atoms with van der Waals surface area (Å²) < 4.78 is 50.5. The van der Waals surface area contributed by atoms with Crippen LogP contribution in [0.2, 0.25) is 0 Å². The number of aliphatic imine (C=N–C) groups is 1. The summed E-state index contributed by atoms with van der Waals surface area (Å²) in [4.78, 5) is 16.5. The fraction of sp³-hybridized carbons (Fsp3) is 0.0909. The molecule has 1 aliphatic heterocycles. The Kier molecular flexibility index (Phi) is 5.30. The van der Waals surface area contributed by atoms with Gasteiger partial charge in [0.05, 0.1) is 10.5 Å². The van der Waals surface area contributed by atoms with Crippen LogP contribution in [0.1, 0.15) is 11.3 Å². The van der Waals surface area contributed by atoms with Crippen LogP contribution in [0.4, 0.5) is 4.39 Å². The second-order valence-corrected chi connectivity index (χ2v) is 8.99. The predicted octanol–water partition coefficient (Wildman–Crippen LogP) is 3.68. The summed E-state index contributed by atoms with van der Waals surface area (Å²) in [6.45, 7) is 0. The summed E-state index contributed by atoms with van der Waals surface area (Å²) in [5.41, 5.74) is 0.612. The number of cyclic esters (lactones) is 1. The van der Waals surface area contributed by atoms with Gasteiger partial charge in [-0.2, -0.15) is 0 Å². The number of esters is 1. The molecule has 0 saturated carbocycles. The van der Waals surface area contributed by atoms with Gasteiger partial charge in [0.25, 0.3) is 0 Å². The van der Waals surface area contributed by atoms with Crippen LogP contribution < -0.4 is 0 Å². The molecule has 0 amide bonds. The number of ether oxygens (including phenoxy) is 1. The first-order chi connectivity index (χ1) is 14.8. The van der Waals surface area contributed by atoms with Gasteiger partial charge in [-0.3, -0.25) is 0 Å². The van der Waals surface area contributed by atoms with Crippen molar-refractivity contribution in [1.29, 1.82) is 0 Å². The summed E-state index contributed by atoms with van der Waals surface area (Å²) in [7, 11) is -0.803. The molecular weight excluding hydrogens is 423 g/mol. The summed E-state index contributed by atoms with van der Waals surface area (Å²) in [6, 6.07) is 15.3. The molecule has 2 heterocycles. The smallest absolute Gasteiger partial charge is 0.363 e. The van der Waals surface area contributed by atoms with E-state index in [1.807, 2.05) is 0 Å². The van der Waals surface area contributed by atoms with Gasteiger partial charge in [0.1, 0.15) is 17.3 Å². The molecule has 1 aliphatic rings. The van der Waals surface area contributed by atoms with Crippen LogP contribution in [0.15, 0.2) is 80.7 Å². The molecule has 0 radical (unpaired) electrons. The first-order valence-corrected chi connectivity index (χ1v) is 10.6. The van der Waals surface area contributed by atoms with E-state index in [1.54, 1.807) is 36.4 Å². The highest BCUT2D eigenvalue weighted by molar-refractivity contribution is 7.89. The fourth-order valence-electron chi connectivity index (χ4n) is 2.90. The molecule has 0 N–H and O–H groups in total. The van der Waals surface area contributed by atoms with Crippen molar-refractivity contribution in [3.05, 3.63) is 83.5 Å². The number of halogens is 1. The third-order valence-electron chi connectivity index (χ3n) is 4.53. The van der Waals surface area contributed by atoms with Gasteiger partial charge in [-0.25, -0.2) is 26.9 Å². The largest absolute Gasteiger partial charge is 0.457 e. The topological polar surface area (TPSA) is 89.2 Å². The number of hydrogen-bond donors (Lipinski definition) is 0. The lowest BCUT2D eigenvalue weighted by atomic mass is 10.1. The van der Waals surface area contributed by atoms with Crippen LogP contribution in [0.5, 0.6) is 0 Å². The zero-order valence-corrected chi connectivity index (χ0v) is 17.4. The summed E-state index contributed by atoms with van der Waals surface area (Å²) in [6.07, 6.45) is 1.38. The van der Waals surface area contributed by atoms with Gasteiger partial charge < -0.3 is 9.15 Å². The molecule has 7 nitrogen and oxygen atoms in total. The summed E-state index contributed by atoms with van der Waals surface area (Å²) in [5.74, 6) is -0.557. The van der Waals surface area contributed by atoms with Crippen molar-refractivity contribution >= 4 is 28.0 Å². The average molecular weight is 440 g/mol. The average Bonchev–Trinajstić information content (AvgIpc) is 3.35. The Bertz CT molecular complexity index is 1340. The van der Waals surface area contributed by atoms with E-state index in [0.717, 1.165) is 4.31 Å². The molecule has 31 heavy (non-hydrogen) atoms. The van der Waals surface area contributed by atoms with Crippen LogP contribution in [0.25, 0.3) is 17.4 Å². The van der Waals surface area contributed by atoms with Gasteiger partial charge in [0.2, 0.25) is 15.9 Å². The molecule has 4 rings (SSSR count). The van der Waals surface area contributed by atoms with Crippen molar-refractivity contribution < 1.29 is 26.8 Å². The molecule has 0 aliphatic carbocycles. The second kappa shape index (κ2) is 7.93. The lowest BCUT2D eigenvalue weighted by Crippen LogP contribution is -2.22. The highest BCUT2D eigenvalue weighted by atomic mass is 32.2. The Balaban J connectivity index is 1.64. The van der Waals surface area contributed by atoms with Crippen molar-refractivity contribution in [3.8, 4) is 11.3 Å². The second-order valence-electron chi connectivity index (χ2n) is 6.83. The molecule has 0 bridgehead atoms. The molecule has 0 saturated heterocycles. The Hall–Kier alpha value is -3.56. The molecule has 0 spiro atoms. The van der Waals surface area contributed by atoms with Crippen molar-refractivity contribution in [3.63, 3.8) is 0 Å². The molecule has 0 unspecified atom stereocenters. The maximum Gasteiger partial charge on any atom is 0.363 e. The number of carbonyl (C=O) groups excluding carboxylic acids is 1. The van der Waals surface area contributed by atoms with Gasteiger partial charge in [-0.05, 0) is 42.5 Å². The fourth-order valence-corrected chi connectivity index (χ4v) is 3.85. The number of hydrogen-bond acceptors (Lipinski definition) is 6. The number of carbonyl (C=O) groups is 1. The third kappa shape index (κ3) is 4.05. The lowest BCUT2D eigenvalue weighted by molar-refractivity contribution is -0.129. The zero-order chi connectivity index (χ0) is 22.2. The molecule has 9 heteroatoms. The first-order valence-electron chi connectivity index (χ1n) is 9.16. The highest BCUT2D eigenvalue weighted by Gasteiger charge is 2.26. The van der Waals surface area contributed by atoms with E-state index >= 15 is 0 Å². The van der Waals surface area contributed by atoms with Gasteiger partial charge in [-0.15, -0.1) is 0 Å². The van der Waals surface area contributed by atoms with Crippen LogP contribution >= 0.6 is 0 Å². The summed E-state index contributed by atoms with van der Waals surface area (Å²) in [5, 5.41) is 0. The van der Waals surface area contributed by atoms with E-state index in [-0.39, 0.29) is 16.5 Å². The van der Waals surface area contributed by atoms with E-state index < -0.39 is 21.8 Å². The Morgan fingerprint density at radius 3 is 2.55 bits per heavy atom. The van der Waals surface area contributed by atoms with Crippen molar-refractivity contribution in [1.82, 2.24) is 4.31 Å². The molecule has 0 atom stereocenters. The maximum absolute atomic E-state index is 13.9.